The van der Waals surface area contributed by atoms with E-state index in [-0.39, 0.29) is 44.2 Å². The minimum Gasteiger partial charge on any atom is -0.434 e. The molecule has 36 heavy (non-hydrogen) atoms. The number of thiophene rings is 1. The molecular formula is C25H26F2N4O4S. The monoisotopic (exact) mass is 516 g/mol. The number of nitrogens with one attached hydrogen (secondary N) is 2. The molecule has 4 rings (SSSR count). The van der Waals surface area contributed by atoms with Crippen molar-refractivity contribution in [3.63, 3.8) is 0 Å². The first-order valence-electron chi connectivity index (χ1n) is 11.2. The average molecular weight is 517 g/mol. The number of carbonyl (C=O) groups is 1. The summed E-state index contributed by atoms with van der Waals surface area (Å²) in [5, 5.41) is 13.8. The highest BCUT2D eigenvalue weighted by atomic mass is 32.1. The van der Waals surface area contributed by atoms with Crippen molar-refractivity contribution in [3.05, 3.63) is 62.6 Å². The Kier molecular flexibility index (Phi) is 6.48. The Balaban J connectivity index is 1.98. The number of ether oxygens (including phenoxy) is 1. The predicted octanol–water partition coefficient (Wildman–Crippen LogP) is 4.73. The summed E-state index contributed by atoms with van der Waals surface area (Å²) in [6.07, 6.45) is 2.47. The zero-order valence-corrected chi connectivity index (χ0v) is 21.4. The van der Waals surface area contributed by atoms with Crippen LogP contribution < -0.4 is 15.6 Å². The van der Waals surface area contributed by atoms with E-state index >= 15 is 4.39 Å². The van der Waals surface area contributed by atoms with Crippen LogP contribution in [0.1, 0.15) is 48.6 Å². The smallest absolute Gasteiger partial charge is 0.274 e. The summed E-state index contributed by atoms with van der Waals surface area (Å²) in [6, 6.07) is 2.61. The van der Waals surface area contributed by atoms with Gasteiger partial charge in [0.2, 0.25) is 5.88 Å². The van der Waals surface area contributed by atoms with Gasteiger partial charge in [0.05, 0.1) is 21.6 Å². The van der Waals surface area contributed by atoms with Gasteiger partial charge in [0.1, 0.15) is 17.0 Å². The molecule has 0 radical (unpaired) electrons. The Morgan fingerprint density at radius 3 is 2.61 bits per heavy atom. The summed E-state index contributed by atoms with van der Waals surface area (Å²) in [5.74, 6) is -2.01. The number of hydrogen-bond donors (Lipinski definition) is 3. The first kappa shape index (κ1) is 25.5. The van der Waals surface area contributed by atoms with Gasteiger partial charge in [0.15, 0.2) is 11.6 Å². The van der Waals surface area contributed by atoms with Crippen molar-refractivity contribution in [1.82, 2.24) is 19.9 Å². The van der Waals surface area contributed by atoms with E-state index < -0.39 is 23.1 Å². The number of fused-ring (bicyclic) bond motifs is 1. The van der Waals surface area contributed by atoms with Crippen LogP contribution in [0.5, 0.6) is 11.6 Å². The zero-order chi connectivity index (χ0) is 26.5. The highest BCUT2D eigenvalue weighted by Gasteiger charge is 2.32. The fourth-order valence-electron chi connectivity index (χ4n) is 3.77. The van der Waals surface area contributed by atoms with Gasteiger partial charge in [0, 0.05) is 35.8 Å². The molecule has 4 aromatic heterocycles. The number of halogens is 2. The molecule has 0 bridgehead atoms. The van der Waals surface area contributed by atoms with Gasteiger partial charge in [0.25, 0.3) is 11.5 Å². The standard InChI is InChI=1S/C25H26F2N4O4S/c1-11(2)29-22(32)16-8-14-15(10-31(6)24(33)18(14)30-16)20-19(17(27)21(36-20)25(4,5)34)35-23-12(3)7-13(26)9-28-23/h7-11,30,34H,1-6H3,(H,29,32). The van der Waals surface area contributed by atoms with E-state index in [1.54, 1.807) is 6.92 Å². The molecule has 0 atom stereocenters. The molecular weight excluding hydrogens is 490 g/mol. The number of pyridine rings is 2. The summed E-state index contributed by atoms with van der Waals surface area (Å²) < 4.78 is 36.5. The minimum atomic E-state index is -1.55. The highest BCUT2D eigenvalue weighted by Crippen LogP contribution is 2.48. The Morgan fingerprint density at radius 1 is 1.31 bits per heavy atom. The summed E-state index contributed by atoms with van der Waals surface area (Å²) >= 11 is 0.950. The average Bonchev–Trinajstić information content (AvgIpc) is 3.35. The number of aromatic amines is 1. The van der Waals surface area contributed by atoms with Crippen LogP contribution in [0.4, 0.5) is 8.78 Å². The van der Waals surface area contributed by atoms with Crippen molar-refractivity contribution in [2.45, 2.75) is 46.3 Å². The number of rotatable bonds is 6. The molecule has 8 nitrogen and oxygen atoms in total. The quantitative estimate of drug-likeness (QED) is 0.343. The number of aromatic nitrogens is 3. The van der Waals surface area contributed by atoms with Gasteiger partial charge in [-0.15, -0.1) is 11.3 Å². The molecule has 0 aliphatic carbocycles. The van der Waals surface area contributed by atoms with Crippen molar-refractivity contribution < 1.29 is 23.4 Å². The second-order valence-electron chi connectivity index (χ2n) is 9.40. The lowest BCUT2D eigenvalue weighted by Gasteiger charge is -2.14. The maximum Gasteiger partial charge on any atom is 0.274 e. The van der Waals surface area contributed by atoms with Gasteiger partial charge in [-0.3, -0.25) is 9.59 Å². The van der Waals surface area contributed by atoms with Crippen molar-refractivity contribution in [3.8, 4) is 22.1 Å². The number of nitrogens with zero attached hydrogens (tertiary/aromatic N) is 2. The fourth-order valence-corrected chi connectivity index (χ4v) is 4.90. The molecule has 4 aromatic rings. The first-order chi connectivity index (χ1) is 16.8. The van der Waals surface area contributed by atoms with E-state index in [0.717, 1.165) is 17.5 Å². The highest BCUT2D eigenvalue weighted by molar-refractivity contribution is 7.16. The second kappa shape index (κ2) is 9.14. The molecule has 190 valence electrons. The van der Waals surface area contributed by atoms with Crippen LogP contribution >= 0.6 is 11.3 Å². The van der Waals surface area contributed by atoms with Crippen molar-refractivity contribution >= 4 is 28.1 Å². The van der Waals surface area contributed by atoms with E-state index in [4.69, 9.17) is 4.74 Å². The Bertz CT molecular complexity index is 1550. The van der Waals surface area contributed by atoms with Gasteiger partial charge in [-0.1, -0.05) is 0 Å². The largest absolute Gasteiger partial charge is 0.434 e. The summed E-state index contributed by atoms with van der Waals surface area (Å²) in [6.45, 7) is 8.08. The number of hydrogen-bond acceptors (Lipinski definition) is 6. The van der Waals surface area contributed by atoms with E-state index in [9.17, 15) is 19.1 Å². The molecule has 11 heteroatoms. The Morgan fingerprint density at radius 2 is 2.00 bits per heavy atom. The SMILES string of the molecule is Cc1cc(F)cnc1Oc1c(-c2cn(C)c(=O)c3[nH]c(C(=O)NC(C)C)cc23)sc(C(C)(C)O)c1F. The maximum absolute atomic E-state index is 15.7. The third kappa shape index (κ3) is 4.63. The van der Waals surface area contributed by atoms with Gasteiger partial charge in [-0.2, -0.15) is 0 Å². The first-order valence-corrected chi connectivity index (χ1v) is 12.0. The van der Waals surface area contributed by atoms with Crippen LogP contribution in [0.2, 0.25) is 0 Å². The van der Waals surface area contributed by atoms with Crippen LogP contribution in [0.3, 0.4) is 0 Å². The lowest BCUT2D eigenvalue weighted by molar-refractivity contribution is 0.0784. The van der Waals surface area contributed by atoms with Gasteiger partial charge < -0.3 is 24.7 Å². The lowest BCUT2D eigenvalue weighted by atomic mass is 10.1. The molecule has 0 saturated heterocycles. The molecule has 0 saturated carbocycles. The number of carbonyl (C=O) groups excluding carboxylic acids is 1. The molecule has 0 spiro atoms. The van der Waals surface area contributed by atoms with Crippen LogP contribution in [0.15, 0.2) is 29.3 Å². The molecule has 4 heterocycles. The number of aliphatic hydroxyl groups is 1. The van der Waals surface area contributed by atoms with Gasteiger partial charge in [-0.05, 0) is 46.8 Å². The molecule has 0 unspecified atom stereocenters. The van der Waals surface area contributed by atoms with Crippen LogP contribution in [0.25, 0.3) is 21.3 Å². The van der Waals surface area contributed by atoms with Crippen LogP contribution in [-0.2, 0) is 12.6 Å². The molecule has 0 aromatic carbocycles. The molecule has 0 aliphatic heterocycles. The van der Waals surface area contributed by atoms with Crippen LogP contribution in [-0.4, -0.2) is 31.6 Å². The van der Waals surface area contributed by atoms with Crippen molar-refractivity contribution in [2.24, 2.45) is 7.05 Å². The van der Waals surface area contributed by atoms with E-state index in [0.29, 0.717) is 16.5 Å². The molecule has 0 fully saturated rings. The minimum absolute atomic E-state index is 0.00239. The predicted molar refractivity (Wildman–Crippen MR) is 134 cm³/mol. The summed E-state index contributed by atoms with van der Waals surface area (Å²) in [5.41, 5.74) is -0.851. The van der Waals surface area contributed by atoms with E-state index in [1.165, 1.54) is 43.8 Å². The second-order valence-corrected chi connectivity index (χ2v) is 10.4. The number of aryl methyl sites for hydroxylation is 2. The molecule has 3 N–H and O–H groups in total. The maximum atomic E-state index is 15.7. The number of H-pyrrole nitrogens is 1. The lowest BCUT2D eigenvalue weighted by Crippen LogP contribution is -2.30. The van der Waals surface area contributed by atoms with Gasteiger partial charge in [-0.25, -0.2) is 13.8 Å². The summed E-state index contributed by atoms with van der Waals surface area (Å²) in [7, 11) is 1.53. The molecule has 0 aliphatic rings. The van der Waals surface area contributed by atoms with E-state index in [1.807, 2.05) is 13.8 Å². The molecule has 1 amide bonds. The third-order valence-electron chi connectivity index (χ3n) is 5.43. The zero-order valence-electron chi connectivity index (χ0n) is 20.6. The Hall–Kier alpha value is -3.57. The number of amides is 1. The normalized spacial score (nSPS) is 11.9. The van der Waals surface area contributed by atoms with Crippen LogP contribution in [0, 0.1) is 18.6 Å². The van der Waals surface area contributed by atoms with E-state index in [2.05, 4.69) is 15.3 Å². The fraction of sp³-hybridized carbons (Fsp3) is 0.320. The Labute approximate surface area is 209 Å². The van der Waals surface area contributed by atoms with Crippen molar-refractivity contribution in [2.75, 3.05) is 0 Å². The topological polar surface area (TPSA) is 109 Å². The van der Waals surface area contributed by atoms with Gasteiger partial charge >= 0.3 is 0 Å². The summed E-state index contributed by atoms with van der Waals surface area (Å²) in [4.78, 5) is 32.6. The van der Waals surface area contributed by atoms with Crippen molar-refractivity contribution in [1.29, 1.82) is 0 Å². The third-order valence-corrected chi connectivity index (χ3v) is 6.93.